The number of rotatable bonds is 1. The average Bonchev–Trinajstić information content (AvgIpc) is 2.44. The number of aliphatic carboxylic acids is 1. The fourth-order valence-electron chi connectivity index (χ4n) is 2.05. The SMILES string of the molecule is O=C(O)C1=C2CCC(C2)C1. The molecule has 54 valence electrons. The number of hydrogen-bond acceptors (Lipinski definition) is 1. The first-order chi connectivity index (χ1) is 4.77. The predicted octanol–water partition coefficient (Wildman–Crippen LogP) is 1.57. The van der Waals surface area contributed by atoms with Crippen LogP contribution in [0.25, 0.3) is 0 Å². The molecule has 0 aromatic rings. The van der Waals surface area contributed by atoms with Crippen LogP contribution >= 0.6 is 0 Å². The number of carboxylic acid groups (broad SMARTS) is 1. The largest absolute Gasteiger partial charge is 0.478 e. The highest BCUT2D eigenvalue weighted by Gasteiger charge is 2.32. The van der Waals surface area contributed by atoms with Gasteiger partial charge in [0.1, 0.15) is 0 Å². The van der Waals surface area contributed by atoms with Crippen LogP contribution in [-0.2, 0) is 4.79 Å². The van der Waals surface area contributed by atoms with Crippen LogP contribution in [0.3, 0.4) is 0 Å². The molecule has 0 radical (unpaired) electrons. The van der Waals surface area contributed by atoms with Crippen LogP contribution in [0.5, 0.6) is 0 Å². The third-order valence-electron chi connectivity index (χ3n) is 2.57. The van der Waals surface area contributed by atoms with E-state index in [0.717, 1.165) is 24.8 Å². The number of hydrogen-bond donors (Lipinski definition) is 1. The lowest BCUT2D eigenvalue weighted by Gasteiger charge is -2.06. The molecule has 2 aliphatic carbocycles. The minimum Gasteiger partial charge on any atom is -0.478 e. The van der Waals surface area contributed by atoms with Crippen molar-refractivity contribution >= 4 is 5.97 Å². The van der Waals surface area contributed by atoms with Crippen LogP contribution in [0.4, 0.5) is 0 Å². The summed E-state index contributed by atoms with van der Waals surface area (Å²) in [6, 6.07) is 0. The maximum atomic E-state index is 10.5. The molecule has 2 nitrogen and oxygen atoms in total. The first-order valence-electron chi connectivity index (χ1n) is 3.71. The monoisotopic (exact) mass is 138 g/mol. The molecule has 2 heteroatoms. The van der Waals surface area contributed by atoms with Gasteiger partial charge in [0.05, 0.1) is 0 Å². The lowest BCUT2D eigenvalue weighted by molar-refractivity contribution is -0.132. The van der Waals surface area contributed by atoms with Crippen molar-refractivity contribution in [3.05, 3.63) is 11.1 Å². The zero-order valence-electron chi connectivity index (χ0n) is 5.76. The second kappa shape index (κ2) is 1.84. The van der Waals surface area contributed by atoms with Crippen molar-refractivity contribution in [3.63, 3.8) is 0 Å². The molecule has 0 spiro atoms. The molecular weight excluding hydrogens is 128 g/mol. The Morgan fingerprint density at radius 2 is 2.30 bits per heavy atom. The highest BCUT2D eigenvalue weighted by atomic mass is 16.4. The van der Waals surface area contributed by atoms with Crippen molar-refractivity contribution in [2.24, 2.45) is 5.92 Å². The van der Waals surface area contributed by atoms with Gasteiger partial charge in [-0.25, -0.2) is 4.79 Å². The van der Waals surface area contributed by atoms with Gasteiger partial charge in [-0.15, -0.1) is 0 Å². The van der Waals surface area contributed by atoms with Crippen molar-refractivity contribution in [1.82, 2.24) is 0 Å². The zero-order chi connectivity index (χ0) is 7.14. The van der Waals surface area contributed by atoms with Crippen LogP contribution in [0.2, 0.25) is 0 Å². The normalized spacial score (nSPS) is 29.8. The summed E-state index contributed by atoms with van der Waals surface area (Å²) in [5.74, 6) is -0.00157. The Morgan fingerprint density at radius 1 is 1.50 bits per heavy atom. The van der Waals surface area contributed by atoms with Gasteiger partial charge in [-0.2, -0.15) is 0 Å². The van der Waals surface area contributed by atoms with Crippen molar-refractivity contribution < 1.29 is 9.90 Å². The highest BCUT2D eigenvalue weighted by Crippen LogP contribution is 2.43. The van der Waals surface area contributed by atoms with E-state index in [4.69, 9.17) is 5.11 Å². The topological polar surface area (TPSA) is 37.3 Å². The van der Waals surface area contributed by atoms with Gasteiger partial charge in [0.2, 0.25) is 0 Å². The minimum atomic E-state index is -0.683. The molecular formula is C8H10O2. The lowest BCUT2D eigenvalue weighted by atomic mass is 9.99. The first-order valence-corrected chi connectivity index (χ1v) is 3.71. The fraction of sp³-hybridized carbons (Fsp3) is 0.625. The van der Waals surface area contributed by atoms with Crippen LogP contribution in [0, 0.1) is 5.92 Å². The molecule has 2 bridgehead atoms. The quantitative estimate of drug-likeness (QED) is 0.597. The second-order valence-corrected chi connectivity index (χ2v) is 3.20. The Kier molecular flexibility index (Phi) is 1.10. The summed E-state index contributed by atoms with van der Waals surface area (Å²) in [6.07, 6.45) is 4.19. The van der Waals surface area contributed by atoms with Gasteiger partial charge in [-0.3, -0.25) is 0 Å². The Morgan fingerprint density at radius 3 is 2.60 bits per heavy atom. The van der Waals surface area contributed by atoms with Gasteiger partial charge >= 0.3 is 5.97 Å². The van der Waals surface area contributed by atoms with E-state index in [1.165, 1.54) is 12.0 Å². The molecule has 10 heavy (non-hydrogen) atoms. The molecule has 1 N–H and O–H groups in total. The van der Waals surface area contributed by atoms with Gasteiger partial charge in [-0.1, -0.05) is 5.57 Å². The van der Waals surface area contributed by atoms with E-state index >= 15 is 0 Å². The first kappa shape index (κ1) is 5.96. The Hall–Kier alpha value is -0.790. The molecule has 1 saturated carbocycles. The van der Waals surface area contributed by atoms with Gasteiger partial charge in [0, 0.05) is 5.57 Å². The molecule has 2 rings (SSSR count). The molecule has 0 aliphatic heterocycles. The molecule has 0 aromatic heterocycles. The summed E-state index contributed by atoms with van der Waals surface area (Å²) in [5.41, 5.74) is 1.94. The number of fused-ring (bicyclic) bond motifs is 2. The van der Waals surface area contributed by atoms with E-state index in [1.54, 1.807) is 0 Å². The highest BCUT2D eigenvalue weighted by molar-refractivity contribution is 5.88. The minimum absolute atomic E-state index is 0.682. The van der Waals surface area contributed by atoms with E-state index < -0.39 is 5.97 Å². The molecule has 0 aromatic carbocycles. The second-order valence-electron chi connectivity index (χ2n) is 3.20. The summed E-state index contributed by atoms with van der Waals surface area (Å²) in [7, 11) is 0. The third-order valence-corrected chi connectivity index (χ3v) is 2.57. The summed E-state index contributed by atoms with van der Waals surface area (Å²) in [4.78, 5) is 10.5. The molecule has 1 atom stereocenters. The van der Waals surface area contributed by atoms with Crippen molar-refractivity contribution in [2.45, 2.75) is 25.7 Å². The fourth-order valence-corrected chi connectivity index (χ4v) is 2.05. The van der Waals surface area contributed by atoms with Gasteiger partial charge in [0.15, 0.2) is 0 Å². The molecule has 1 fully saturated rings. The van der Waals surface area contributed by atoms with Crippen molar-refractivity contribution in [2.75, 3.05) is 0 Å². The zero-order valence-corrected chi connectivity index (χ0v) is 5.76. The molecule has 1 unspecified atom stereocenters. The maximum Gasteiger partial charge on any atom is 0.331 e. The molecule has 0 heterocycles. The maximum absolute atomic E-state index is 10.5. The van der Waals surface area contributed by atoms with Gasteiger partial charge in [0.25, 0.3) is 0 Å². The molecule has 2 aliphatic rings. The number of carboxylic acids is 1. The molecule has 0 saturated heterocycles. The van der Waals surface area contributed by atoms with Crippen LogP contribution in [-0.4, -0.2) is 11.1 Å². The summed E-state index contributed by atoms with van der Waals surface area (Å²) in [6.45, 7) is 0. The van der Waals surface area contributed by atoms with E-state index in [2.05, 4.69) is 0 Å². The van der Waals surface area contributed by atoms with Crippen LogP contribution in [0.15, 0.2) is 11.1 Å². The lowest BCUT2D eigenvalue weighted by Crippen LogP contribution is -2.04. The Bertz CT molecular complexity index is 215. The van der Waals surface area contributed by atoms with Gasteiger partial charge < -0.3 is 5.11 Å². The van der Waals surface area contributed by atoms with E-state index in [-0.39, 0.29) is 0 Å². The van der Waals surface area contributed by atoms with E-state index in [0.29, 0.717) is 5.92 Å². The summed E-state index contributed by atoms with van der Waals surface area (Å²) in [5, 5.41) is 8.68. The number of allylic oxidation sites excluding steroid dienone is 1. The molecule has 0 amide bonds. The van der Waals surface area contributed by atoms with Crippen molar-refractivity contribution in [3.8, 4) is 0 Å². The smallest absolute Gasteiger partial charge is 0.331 e. The Labute approximate surface area is 59.5 Å². The van der Waals surface area contributed by atoms with Crippen LogP contribution in [0.1, 0.15) is 25.7 Å². The third kappa shape index (κ3) is 0.681. The average molecular weight is 138 g/mol. The Balaban J connectivity index is 2.30. The number of carbonyl (C=O) groups is 1. The standard InChI is InChI=1S/C8H10O2/c9-8(10)7-4-5-1-2-6(7)3-5/h5H,1-4H2,(H,9,10). The summed E-state index contributed by atoms with van der Waals surface area (Å²) >= 11 is 0. The predicted molar refractivity (Wildman–Crippen MR) is 36.6 cm³/mol. The van der Waals surface area contributed by atoms with Gasteiger partial charge in [-0.05, 0) is 31.6 Å². The van der Waals surface area contributed by atoms with E-state index in [9.17, 15) is 4.79 Å². The van der Waals surface area contributed by atoms with Crippen molar-refractivity contribution in [1.29, 1.82) is 0 Å². The van der Waals surface area contributed by atoms with Crippen LogP contribution < -0.4 is 0 Å². The summed E-state index contributed by atoms with van der Waals surface area (Å²) < 4.78 is 0. The van der Waals surface area contributed by atoms with E-state index in [1.807, 2.05) is 0 Å².